The highest BCUT2D eigenvalue weighted by Gasteiger charge is 2.30. The van der Waals surface area contributed by atoms with Crippen molar-refractivity contribution in [3.05, 3.63) is 0 Å². The second-order valence-corrected chi connectivity index (χ2v) is 5.71. The second kappa shape index (κ2) is 6.89. The Bertz CT molecular complexity index is 327. The molecule has 0 aromatic carbocycles. The molecule has 2 fully saturated rings. The highest BCUT2D eigenvalue weighted by Crippen LogP contribution is 2.23. The van der Waals surface area contributed by atoms with E-state index in [2.05, 4.69) is 5.32 Å². The number of nitrogens with one attached hydrogen (secondary N) is 1. The van der Waals surface area contributed by atoms with Gasteiger partial charge in [-0.3, -0.25) is 9.59 Å². The molecule has 0 aromatic rings. The van der Waals surface area contributed by atoms with E-state index in [1.54, 1.807) is 4.90 Å². The lowest BCUT2D eigenvalue weighted by Gasteiger charge is -2.26. The van der Waals surface area contributed by atoms with E-state index in [9.17, 15) is 9.59 Å². The molecule has 0 radical (unpaired) electrons. The Labute approximate surface area is 114 Å². The van der Waals surface area contributed by atoms with E-state index < -0.39 is 5.97 Å². The number of carboxylic acids is 1. The van der Waals surface area contributed by atoms with Crippen LogP contribution in [0.5, 0.6) is 0 Å². The van der Waals surface area contributed by atoms with Gasteiger partial charge in [0.25, 0.3) is 0 Å². The van der Waals surface area contributed by atoms with Crippen molar-refractivity contribution in [1.29, 1.82) is 0 Å². The number of carbonyl (C=O) groups is 2. The summed E-state index contributed by atoms with van der Waals surface area (Å²) in [6.07, 6.45) is 5.73. The first-order chi connectivity index (χ1) is 9.16. The molecule has 0 saturated carbocycles. The maximum atomic E-state index is 12.2. The Kier molecular flexibility index (Phi) is 5.19. The summed E-state index contributed by atoms with van der Waals surface area (Å²) in [6, 6.07) is -0.0713. The van der Waals surface area contributed by atoms with E-state index in [1.165, 1.54) is 0 Å². The Morgan fingerprint density at radius 3 is 2.63 bits per heavy atom. The van der Waals surface area contributed by atoms with Crippen LogP contribution < -0.4 is 5.32 Å². The summed E-state index contributed by atoms with van der Waals surface area (Å²) < 4.78 is 0. The molecule has 2 rings (SSSR count). The molecule has 2 aliphatic rings. The van der Waals surface area contributed by atoms with E-state index >= 15 is 0 Å². The minimum atomic E-state index is -0.803. The van der Waals surface area contributed by atoms with Gasteiger partial charge in [0, 0.05) is 19.0 Å². The van der Waals surface area contributed by atoms with Gasteiger partial charge in [0.2, 0.25) is 5.91 Å². The van der Waals surface area contributed by atoms with Crippen LogP contribution in [0.15, 0.2) is 0 Å². The number of hydrogen-bond acceptors (Lipinski definition) is 3. The molecule has 0 spiro atoms. The van der Waals surface area contributed by atoms with Crippen molar-refractivity contribution < 1.29 is 14.7 Å². The molecule has 0 aromatic heterocycles. The number of aliphatic carboxylic acids is 1. The molecule has 2 aliphatic heterocycles. The highest BCUT2D eigenvalue weighted by molar-refractivity contribution is 5.78. The SMILES string of the molecule is O=C(O)CC1CCCN1C(=O)CCC1CCNCC1. The topological polar surface area (TPSA) is 69.6 Å². The number of hydrogen-bond donors (Lipinski definition) is 2. The van der Waals surface area contributed by atoms with Crippen LogP contribution in [-0.4, -0.2) is 47.6 Å². The molecule has 2 N–H and O–H groups in total. The van der Waals surface area contributed by atoms with Gasteiger partial charge < -0.3 is 15.3 Å². The summed E-state index contributed by atoms with van der Waals surface area (Å²) in [4.78, 5) is 24.8. The molecule has 1 atom stereocenters. The molecular formula is C14H24N2O3. The zero-order valence-electron chi connectivity index (χ0n) is 11.4. The van der Waals surface area contributed by atoms with Crippen molar-refractivity contribution >= 4 is 11.9 Å². The highest BCUT2D eigenvalue weighted by atomic mass is 16.4. The van der Waals surface area contributed by atoms with Gasteiger partial charge in [0.05, 0.1) is 6.42 Å². The smallest absolute Gasteiger partial charge is 0.305 e. The fourth-order valence-electron chi connectivity index (χ4n) is 3.22. The Morgan fingerprint density at radius 1 is 1.21 bits per heavy atom. The molecule has 0 aliphatic carbocycles. The third kappa shape index (κ3) is 4.20. The predicted molar refractivity (Wildman–Crippen MR) is 71.8 cm³/mol. The molecule has 1 amide bonds. The standard InChI is InChI=1S/C14H24N2O3/c17-13(4-3-11-5-7-15-8-6-11)16-9-1-2-12(16)10-14(18)19/h11-12,15H,1-10H2,(H,18,19). The minimum absolute atomic E-state index is 0.0713. The molecular weight excluding hydrogens is 244 g/mol. The fourth-order valence-corrected chi connectivity index (χ4v) is 3.22. The van der Waals surface area contributed by atoms with Crippen LogP contribution in [-0.2, 0) is 9.59 Å². The van der Waals surface area contributed by atoms with Crippen LogP contribution in [0, 0.1) is 5.92 Å². The van der Waals surface area contributed by atoms with E-state index in [0.29, 0.717) is 12.3 Å². The van der Waals surface area contributed by atoms with E-state index in [1.807, 2.05) is 0 Å². The lowest BCUT2D eigenvalue weighted by molar-refractivity contribution is -0.140. The van der Waals surface area contributed by atoms with Gasteiger partial charge in [-0.25, -0.2) is 0 Å². The van der Waals surface area contributed by atoms with Crippen molar-refractivity contribution in [2.75, 3.05) is 19.6 Å². The van der Waals surface area contributed by atoms with Crippen molar-refractivity contribution in [3.63, 3.8) is 0 Å². The van der Waals surface area contributed by atoms with Gasteiger partial charge in [-0.05, 0) is 51.1 Å². The molecule has 5 heteroatoms. The molecule has 2 heterocycles. The first kappa shape index (κ1) is 14.3. The van der Waals surface area contributed by atoms with Gasteiger partial charge in [-0.2, -0.15) is 0 Å². The second-order valence-electron chi connectivity index (χ2n) is 5.71. The Morgan fingerprint density at radius 2 is 1.95 bits per heavy atom. The number of rotatable bonds is 5. The third-order valence-electron chi connectivity index (χ3n) is 4.33. The first-order valence-corrected chi connectivity index (χ1v) is 7.39. The van der Waals surface area contributed by atoms with E-state index in [4.69, 9.17) is 5.11 Å². The van der Waals surface area contributed by atoms with Gasteiger partial charge in [0.1, 0.15) is 0 Å². The van der Waals surface area contributed by atoms with Gasteiger partial charge in [-0.1, -0.05) is 0 Å². The summed E-state index contributed by atoms with van der Waals surface area (Å²) in [6.45, 7) is 2.86. The largest absolute Gasteiger partial charge is 0.481 e. The maximum Gasteiger partial charge on any atom is 0.305 e. The lowest BCUT2D eigenvalue weighted by Crippen LogP contribution is -2.37. The van der Waals surface area contributed by atoms with Gasteiger partial charge in [0.15, 0.2) is 0 Å². The minimum Gasteiger partial charge on any atom is -0.481 e. The number of amides is 1. The fraction of sp³-hybridized carbons (Fsp3) is 0.857. The van der Waals surface area contributed by atoms with E-state index in [-0.39, 0.29) is 18.4 Å². The molecule has 0 bridgehead atoms. The first-order valence-electron chi connectivity index (χ1n) is 7.39. The third-order valence-corrected chi connectivity index (χ3v) is 4.33. The maximum absolute atomic E-state index is 12.2. The molecule has 2 saturated heterocycles. The van der Waals surface area contributed by atoms with Crippen LogP contribution in [0.1, 0.15) is 44.9 Å². The Hall–Kier alpha value is -1.10. The van der Waals surface area contributed by atoms with Gasteiger partial charge in [-0.15, -0.1) is 0 Å². The van der Waals surface area contributed by atoms with Crippen LogP contribution in [0.25, 0.3) is 0 Å². The van der Waals surface area contributed by atoms with Crippen molar-refractivity contribution in [2.24, 2.45) is 5.92 Å². The summed E-state index contributed by atoms with van der Waals surface area (Å²) in [5.74, 6) is 0.0102. The monoisotopic (exact) mass is 268 g/mol. The van der Waals surface area contributed by atoms with Crippen molar-refractivity contribution in [2.45, 2.75) is 51.0 Å². The zero-order valence-corrected chi connectivity index (χ0v) is 11.4. The summed E-state index contributed by atoms with van der Waals surface area (Å²) in [7, 11) is 0. The normalized spacial score (nSPS) is 24.6. The zero-order chi connectivity index (χ0) is 13.7. The van der Waals surface area contributed by atoms with Crippen LogP contribution in [0.3, 0.4) is 0 Å². The summed E-state index contributed by atoms with van der Waals surface area (Å²) >= 11 is 0. The quantitative estimate of drug-likeness (QED) is 0.787. The number of carbonyl (C=O) groups excluding carboxylic acids is 1. The molecule has 1 unspecified atom stereocenters. The lowest BCUT2D eigenvalue weighted by atomic mass is 9.93. The molecule has 108 valence electrons. The number of piperidine rings is 1. The van der Waals surface area contributed by atoms with Crippen molar-refractivity contribution in [3.8, 4) is 0 Å². The molecule has 5 nitrogen and oxygen atoms in total. The van der Waals surface area contributed by atoms with Gasteiger partial charge >= 0.3 is 5.97 Å². The average Bonchev–Trinajstić information content (AvgIpc) is 2.84. The van der Waals surface area contributed by atoms with Crippen molar-refractivity contribution in [1.82, 2.24) is 10.2 Å². The number of carboxylic acid groups (broad SMARTS) is 1. The van der Waals surface area contributed by atoms with E-state index in [0.717, 1.165) is 51.7 Å². The molecule has 19 heavy (non-hydrogen) atoms. The summed E-state index contributed by atoms with van der Waals surface area (Å²) in [5.41, 5.74) is 0. The number of likely N-dealkylation sites (tertiary alicyclic amines) is 1. The average molecular weight is 268 g/mol. The summed E-state index contributed by atoms with van der Waals surface area (Å²) in [5, 5.41) is 12.2. The number of nitrogens with zero attached hydrogens (tertiary/aromatic N) is 1. The predicted octanol–water partition coefficient (Wildman–Crippen LogP) is 1.23. The van der Waals surface area contributed by atoms with Crippen LogP contribution in [0.4, 0.5) is 0 Å². The van der Waals surface area contributed by atoms with Crippen LogP contribution >= 0.6 is 0 Å². The Balaban J connectivity index is 1.76. The van der Waals surface area contributed by atoms with Crippen LogP contribution in [0.2, 0.25) is 0 Å².